The van der Waals surface area contributed by atoms with Gasteiger partial charge < -0.3 is 0 Å². The molecule has 0 atom stereocenters. The fraction of sp³-hybridized carbons (Fsp3) is 0.571. The molecule has 0 aliphatic rings. The number of carbonyl (C=O) groups excluding carboxylic acids is 1. The Kier molecular flexibility index (Phi) is 3.97. The zero-order valence-electron chi connectivity index (χ0n) is 5.11. The van der Waals surface area contributed by atoms with Gasteiger partial charge in [0.1, 0.15) is 5.78 Å². The van der Waals surface area contributed by atoms with E-state index in [4.69, 9.17) is 6.42 Å². The average Bonchev–Trinajstić information content (AvgIpc) is 1.68. The van der Waals surface area contributed by atoms with Crippen LogP contribution in [0.15, 0.2) is 0 Å². The minimum atomic E-state index is 0.176. The topological polar surface area (TPSA) is 17.1 Å². The molecular weight excluding hydrogens is 100 g/mol. The Labute approximate surface area is 50.1 Å². The molecule has 0 aromatic carbocycles. The third-order valence-electron chi connectivity index (χ3n) is 0.828. The van der Waals surface area contributed by atoms with Crippen LogP contribution in [0.25, 0.3) is 0 Å². The lowest BCUT2D eigenvalue weighted by molar-refractivity contribution is -0.118. The Morgan fingerprint density at radius 2 is 2.38 bits per heavy atom. The Morgan fingerprint density at radius 3 is 2.75 bits per heavy atom. The lowest BCUT2D eigenvalue weighted by Crippen LogP contribution is -1.92. The standard InChI is InChI=1S/C7H10O/c1-3-5-7(8)6-4-2/h1H,4-6H2,2H3. The van der Waals surface area contributed by atoms with Gasteiger partial charge in [0.15, 0.2) is 0 Å². The van der Waals surface area contributed by atoms with Crippen LogP contribution in [-0.2, 0) is 4.79 Å². The van der Waals surface area contributed by atoms with E-state index in [2.05, 4.69) is 5.92 Å². The van der Waals surface area contributed by atoms with Gasteiger partial charge in [-0.1, -0.05) is 12.8 Å². The van der Waals surface area contributed by atoms with E-state index in [1.165, 1.54) is 0 Å². The van der Waals surface area contributed by atoms with E-state index in [1.54, 1.807) is 0 Å². The van der Waals surface area contributed by atoms with E-state index in [0.717, 1.165) is 6.42 Å². The summed E-state index contributed by atoms with van der Waals surface area (Å²) in [6, 6.07) is 0. The number of hydrogen-bond donors (Lipinski definition) is 0. The first-order valence-electron chi connectivity index (χ1n) is 2.76. The first kappa shape index (κ1) is 7.23. The van der Waals surface area contributed by atoms with E-state index in [1.807, 2.05) is 6.92 Å². The quantitative estimate of drug-likeness (QED) is 0.501. The predicted octanol–water partition coefficient (Wildman–Crippen LogP) is 1.38. The molecule has 0 N–H and O–H groups in total. The van der Waals surface area contributed by atoms with Crippen LogP contribution in [0, 0.1) is 12.3 Å². The van der Waals surface area contributed by atoms with Gasteiger partial charge in [-0.15, -0.1) is 6.42 Å². The molecule has 0 rings (SSSR count). The van der Waals surface area contributed by atoms with Crippen molar-refractivity contribution >= 4 is 5.78 Å². The molecule has 0 radical (unpaired) electrons. The maximum Gasteiger partial charge on any atom is 0.144 e. The maximum absolute atomic E-state index is 10.5. The molecule has 0 bridgehead atoms. The summed E-state index contributed by atoms with van der Waals surface area (Å²) in [5, 5.41) is 0. The number of carbonyl (C=O) groups is 1. The third-order valence-corrected chi connectivity index (χ3v) is 0.828. The molecule has 1 nitrogen and oxygen atoms in total. The normalized spacial score (nSPS) is 8.00. The zero-order valence-corrected chi connectivity index (χ0v) is 5.11. The minimum Gasteiger partial charge on any atom is -0.299 e. The molecule has 0 spiro atoms. The van der Waals surface area contributed by atoms with Gasteiger partial charge in [-0.2, -0.15) is 0 Å². The van der Waals surface area contributed by atoms with Crippen molar-refractivity contribution < 1.29 is 4.79 Å². The minimum absolute atomic E-state index is 0.176. The molecule has 0 fully saturated rings. The largest absolute Gasteiger partial charge is 0.299 e. The van der Waals surface area contributed by atoms with Crippen LogP contribution in [0.4, 0.5) is 0 Å². The van der Waals surface area contributed by atoms with Gasteiger partial charge in [-0.25, -0.2) is 0 Å². The smallest absolute Gasteiger partial charge is 0.144 e. The fourth-order valence-electron chi connectivity index (χ4n) is 0.481. The lowest BCUT2D eigenvalue weighted by atomic mass is 10.2. The highest BCUT2D eigenvalue weighted by atomic mass is 16.1. The number of ketones is 1. The van der Waals surface area contributed by atoms with Crippen LogP contribution in [0.5, 0.6) is 0 Å². The average molecular weight is 110 g/mol. The molecule has 0 unspecified atom stereocenters. The summed E-state index contributed by atoms with van der Waals surface area (Å²) < 4.78 is 0. The van der Waals surface area contributed by atoms with E-state index in [0.29, 0.717) is 12.8 Å². The van der Waals surface area contributed by atoms with Gasteiger partial charge in [0.05, 0.1) is 6.42 Å². The number of terminal acetylenes is 1. The number of Topliss-reactive ketones (excluding diaryl/α,β-unsaturated/α-hetero) is 1. The van der Waals surface area contributed by atoms with Crippen LogP contribution >= 0.6 is 0 Å². The summed E-state index contributed by atoms with van der Waals surface area (Å²) in [5.74, 6) is 2.48. The SMILES string of the molecule is C#CCC(=O)CCC. The Hall–Kier alpha value is -0.770. The van der Waals surface area contributed by atoms with Gasteiger partial charge in [-0.3, -0.25) is 4.79 Å². The Bertz CT molecular complexity index is 108. The summed E-state index contributed by atoms with van der Waals surface area (Å²) in [6.45, 7) is 1.97. The predicted molar refractivity (Wildman–Crippen MR) is 33.4 cm³/mol. The molecule has 8 heavy (non-hydrogen) atoms. The molecule has 1 heteroatoms. The summed E-state index contributed by atoms with van der Waals surface area (Å²) >= 11 is 0. The van der Waals surface area contributed by atoms with Crippen molar-refractivity contribution in [3.8, 4) is 12.3 Å². The van der Waals surface area contributed by atoms with Crippen LogP contribution in [0.1, 0.15) is 26.2 Å². The molecule has 0 amide bonds. The molecule has 0 saturated carbocycles. The molecule has 0 aromatic rings. The zero-order chi connectivity index (χ0) is 6.41. The Morgan fingerprint density at radius 1 is 1.75 bits per heavy atom. The van der Waals surface area contributed by atoms with Crippen LogP contribution in [0.3, 0.4) is 0 Å². The molecule has 44 valence electrons. The van der Waals surface area contributed by atoms with Crippen molar-refractivity contribution in [2.45, 2.75) is 26.2 Å². The summed E-state index contributed by atoms with van der Waals surface area (Å²) in [5.41, 5.74) is 0. The second-order valence-electron chi connectivity index (χ2n) is 1.67. The fourth-order valence-corrected chi connectivity index (χ4v) is 0.481. The molecule has 0 aliphatic heterocycles. The summed E-state index contributed by atoms with van der Waals surface area (Å²) in [4.78, 5) is 10.5. The van der Waals surface area contributed by atoms with E-state index in [-0.39, 0.29) is 5.78 Å². The van der Waals surface area contributed by atoms with Crippen molar-refractivity contribution in [2.24, 2.45) is 0 Å². The number of hydrogen-bond acceptors (Lipinski definition) is 1. The highest BCUT2D eigenvalue weighted by Gasteiger charge is 1.93. The first-order chi connectivity index (χ1) is 3.81. The third kappa shape index (κ3) is 3.42. The first-order valence-corrected chi connectivity index (χ1v) is 2.76. The lowest BCUT2D eigenvalue weighted by Gasteiger charge is -1.87. The van der Waals surface area contributed by atoms with E-state index >= 15 is 0 Å². The van der Waals surface area contributed by atoms with Gasteiger partial charge in [0.25, 0.3) is 0 Å². The monoisotopic (exact) mass is 110 g/mol. The van der Waals surface area contributed by atoms with Crippen LogP contribution < -0.4 is 0 Å². The number of rotatable bonds is 3. The van der Waals surface area contributed by atoms with Gasteiger partial charge in [0, 0.05) is 6.42 Å². The second kappa shape index (κ2) is 4.39. The second-order valence-corrected chi connectivity index (χ2v) is 1.67. The maximum atomic E-state index is 10.5. The molecule has 0 saturated heterocycles. The van der Waals surface area contributed by atoms with Crippen LogP contribution in [-0.4, -0.2) is 5.78 Å². The summed E-state index contributed by atoms with van der Waals surface area (Å²) in [7, 11) is 0. The van der Waals surface area contributed by atoms with Gasteiger partial charge >= 0.3 is 0 Å². The summed E-state index contributed by atoms with van der Waals surface area (Å²) in [6.07, 6.45) is 6.72. The molecular formula is C7H10O. The van der Waals surface area contributed by atoms with E-state index in [9.17, 15) is 4.79 Å². The Balaban J connectivity index is 3.23. The van der Waals surface area contributed by atoms with Crippen molar-refractivity contribution in [3.05, 3.63) is 0 Å². The highest BCUT2D eigenvalue weighted by molar-refractivity contribution is 5.80. The van der Waals surface area contributed by atoms with Gasteiger partial charge in [-0.05, 0) is 6.42 Å². The molecule has 0 aliphatic carbocycles. The van der Waals surface area contributed by atoms with Gasteiger partial charge in [0.2, 0.25) is 0 Å². The highest BCUT2D eigenvalue weighted by Crippen LogP contribution is 1.91. The van der Waals surface area contributed by atoms with Crippen LogP contribution in [0.2, 0.25) is 0 Å². The van der Waals surface area contributed by atoms with Crippen molar-refractivity contribution in [1.82, 2.24) is 0 Å². The molecule has 0 heterocycles. The molecule has 0 aromatic heterocycles. The van der Waals surface area contributed by atoms with Crippen molar-refractivity contribution in [1.29, 1.82) is 0 Å². The van der Waals surface area contributed by atoms with Crippen molar-refractivity contribution in [2.75, 3.05) is 0 Å². The van der Waals surface area contributed by atoms with E-state index < -0.39 is 0 Å². The van der Waals surface area contributed by atoms with Crippen molar-refractivity contribution in [3.63, 3.8) is 0 Å².